The van der Waals surface area contributed by atoms with Crippen molar-refractivity contribution < 1.29 is 32.6 Å². The van der Waals surface area contributed by atoms with Crippen LogP contribution in [-0.4, -0.2) is 43.6 Å². The highest BCUT2D eigenvalue weighted by Gasteiger charge is 2.53. The highest BCUT2D eigenvalue weighted by molar-refractivity contribution is 5.96. The Hall–Kier alpha value is -2.71. The van der Waals surface area contributed by atoms with Gasteiger partial charge in [-0.2, -0.15) is 8.78 Å². The maximum absolute atomic E-state index is 12.4. The molecule has 0 unspecified atom stereocenters. The maximum atomic E-state index is 12.4. The van der Waals surface area contributed by atoms with Crippen molar-refractivity contribution in [3.05, 3.63) is 29.8 Å². The fraction of sp³-hybridized carbons (Fsp3) is 0.625. The number of hydrogen-bond donors (Lipinski definition) is 2. The second kappa shape index (κ2) is 9.65. The van der Waals surface area contributed by atoms with Gasteiger partial charge in [-0.25, -0.2) is 0 Å². The average molecular weight is 465 g/mol. The number of nitrogens with one attached hydrogen (secondary N) is 2. The molecule has 2 amide bonds. The van der Waals surface area contributed by atoms with E-state index in [0.717, 1.165) is 43.1 Å². The number of halogens is 2. The Morgan fingerprint density at radius 1 is 1.09 bits per heavy atom. The van der Waals surface area contributed by atoms with Crippen molar-refractivity contribution in [3.8, 4) is 5.75 Å². The lowest BCUT2D eigenvalue weighted by Crippen LogP contribution is -2.56. The molecule has 180 valence electrons. The number of carbonyl (C=O) groups is 3. The van der Waals surface area contributed by atoms with E-state index in [1.807, 2.05) is 0 Å². The molecule has 1 aromatic carbocycles. The molecular formula is C24H30F2N2O5. The normalized spacial score (nSPS) is 28.3. The van der Waals surface area contributed by atoms with E-state index in [4.69, 9.17) is 4.74 Å². The minimum atomic E-state index is -3.00. The molecule has 0 spiro atoms. The van der Waals surface area contributed by atoms with Gasteiger partial charge in [0, 0.05) is 11.6 Å². The number of rotatable bonds is 9. The first kappa shape index (κ1) is 23.4. The fourth-order valence-corrected chi connectivity index (χ4v) is 6.41. The highest BCUT2D eigenvalue weighted by Crippen LogP contribution is 2.61. The molecular weight excluding hydrogens is 434 g/mol. The predicted molar refractivity (Wildman–Crippen MR) is 115 cm³/mol. The van der Waals surface area contributed by atoms with E-state index >= 15 is 0 Å². The summed E-state index contributed by atoms with van der Waals surface area (Å²) in [5.74, 6) is 0.409. The summed E-state index contributed by atoms with van der Waals surface area (Å²) in [5, 5.41) is 5.37. The zero-order valence-corrected chi connectivity index (χ0v) is 18.7. The van der Waals surface area contributed by atoms with Crippen LogP contribution >= 0.6 is 0 Å². The number of esters is 1. The largest absolute Gasteiger partial charge is 0.454 e. The van der Waals surface area contributed by atoms with Gasteiger partial charge in [-0.3, -0.25) is 14.4 Å². The van der Waals surface area contributed by atoms with Gasteiger partial charge < -0.3 is 20.1 Å². The molecule has 1 atom stereocenters. The summed E-state index contributed by atoms with van der Waals surface area (Å²) in [5.41, 5.74) is 0.216. The van der Waals surface area contributed by atoms with Crippen LogP contribution in [0.4, 0.5) is 8.78 Å². The number of hydrogen-bond acceptors (Lipinski definition) is 5. The van der Waals surface area contributed by atoms with Gasteiger partial charge in [-0.1, -0.05) is 6.07 Å². The molecule has 9 heteroatoms. The van der Waals surface area contributed by atoms with Crippen molar-refractivity contribution in [3.63, 3.8) is 0 Å². The van der Waals surface area contributed by atoms with Gasteiger partial charge >= 0.3 is 12.6 Å². The van der Waals surface area contributed by atoms with Gasteiger partial charge in [0.2, 0.25) is 0 Å². The number of carbonyl (C=O) groups excluding carboxylic acids is 3. The first-order valence-corrected chi connectivity index (χ1v) is 11.5. The number of benzene rings is 1. The summed E-state index contributed by atoms with van der Waals surface area (Å²) in [6, 6.07) is 5.25. The molecule has 4 aliphatic rings. The average Bonchev–Trinajstić information content (AvgIpc) is 2.74. The first-order valence-electron chi connectivity index (χ1n) is 11.5. The third kappa shape index (κ3) is 5.62. The Bertz CT molecular complexity index is 871. The summed E-state index contributed by atoms with van der Waals surface area (Å²) in [4.78, 5) is 36.5. The van der Waals surface area contributed by atoms with Gasteiger partial charge in [-0.15, -0.1) is 0 Å². The lowest BCUT2D eigenvalue weighted by atomic mass is 9.48. The van der Waals surface area contributed by atoms with Crippen LogP contribution < -0.4 is 15.4 Å². The van der Waals surface area contributed by atoms with E-state index in [0.29, 0.717) is 0 Å². The Balaban J connectivity index is 1.19. The minimum absolute atomic E-state index is 0.0274. The van der Waals surface area contributed by atoms with Crippen molar-refractivity contribution in [2.75, 3.05) is 13.2 Å². The van der Waals surface area contributed by atoms with Crippen LogP contribution in [0.2, 0.25) is 0 Å². The van der Waals surface area contributed by atoms with Crippen molar-refractivity contribution in [2.45, 2.75) is 58.1 Å². The Morgan fingerprint density at radius 2 is 1.73 bits per heavy atom. The molecule has 0 radical (unpaired) electrons. The van der Waals surface area contributed by atoms with Crippen LogP contribution in [0.3, 0.4) is 0 Å². The summed E-state index contributed by atoms with van der Waals surface area (Å²) < 4.78 is 33.9. The Kier molecular flexibility index (Phi) is 6.86. The second-order valence-electron chi connectivity index (χ2n) is 9.82. The topological polar surface area (TPSA) is 93.7 Å². The number of ether oxygens (including phenoxy) is 2. The Morgan fingerprint density at radius 3 is 2.33 bits per heavy atom. The molecule has 4 bridgehead atoms. The van der Waals surface area contributed by atoms with E-state index in [2.05, 4.69) is 22.3 Å². The second-order valence-corrected chi connectivity index (χ2v) is 9.82. The van der Waals surface area contributed by atoms with E-state index < -0.39 is 31.6 Å². The van der Waals surface area contributed by atoms with Crippen LogP contribution in [0, 0.1) is 23.2 Å². The molecule has 0 heterocycles. The minimum Gasteiger partial charge on any atom is -0.454 e. The number of amides is 2. The van der Waals surface area contributed by atoms with Gasteiger partial charge in [-0.05, 0) is 86.8 Å². The summed E-state index contributed by atoms with van der Waals surface area (Å²) in [7, 11) is 0. The molecule has 4 aliphatic carbocycles. The molecule has 0 aliphatic heterocycles. The first-order chi connectivity index (χ1) is 15.7. The van der Waals surface area contributed by atoms with Crippen molar-refractivity contribution in [1.82, 2.24) is 10.6 Å². The van der Waals surface area contributed by atoms with E-state index in [9.17, 15) is 23.2 Å². The molecule has 4 fully saturated rings. The van der Waals surface area contributed by atoms with Crippen LogP contribution in [0.5, 0.6) is 5.75 Å². The number of alkyl halides is 2. The highest BCUT2D eigenvalue weighted by atomic mass is 19.3. The quantitative estimate of drug-likeness (QED) is 0.547. The lowest BCUT2D eigenvalue weighted by Gasteiger charge is -2.59. The third-order valence-corrected chi connectivity index (χ3v) is 7.46. The van der Waals surface area contributed by atoms with E-state index in [1.54, 1.807) is 0 Å². The smallest absolute Gasteiger partial charge is 0.387 e. The standard InChI is InChI=1S/C24H30F2N2O5/c1-14(24-9-15-5-16(10-24)7-17(6-15)11-24)28-20(29)13-32-21(30)12-27-22(31)18-3-2-4-19(8-18)33-23(25)26/h2-4,8,14-17,23H,5-7,9-13H2,1H3,(H,27,31)(H,28,29)/t14-,15?,16?,17?,24?/m0/s1. The predicted octanol–water partition coefficient (Wildman–Crippen LogP) is 3.28. The zero-order valence-electron chi connectivity index (χ0n) is 18.7. The van der Waals surface area contributed by atoms with Crippen LogP contribution in [0.25, 0.3) is 0 Å². The van der Waals surface area contributed by atoms with Crippen LogP contribution in [0.1, 0.15) is 55.8 Å². The molecule has 0 aromatic heterocycles. The van der Waals surface area contributed by atoms with Crippen molar-refractivity contribution >= 4 is 17.8 Å². The molecule has 33 heavy (non-hydrogen) atoms. The lowest BCUT2D eigenvalue weighted by molar-refractivity contribution is -0.148. The summed E-state index contributed by atoms with van der Waals surface area (Å²) in [6.07, 6.45) is 7.47. The van der Waals surface area contributed by atoms with Crippen LogP contribution in [0.15, 0.2) is 24.3 Å². The maximum Gasteiger partial charge on any atom is 0.387 e. The Labute approximate surface area is 191 Å². The summed E-state index contributed by atoms with van der Waals surface area (Å²) in [6.45, 7) is -1.81. The molecule has 2 N–H and O–H groups in total. The summed E-state index contributed by atoms with van der Waals surface area (Å²) >= 11 is 0. The van der Waals surface area contributed by atoms with E-state index in [1.165, 1.54) is 37.5 Å². The van der Waals surface area contributed by atoms with Crippen molar-refractivity contribution in [2.24, 2.45) is 23.2 Å². The third-order valence-electron chi connectivity index (χ3n) is 7.46. The monoisotopic (exact) mass is 464 g/mol. The molecule has 4 saturated carbocycles. The molecule has 7 nitrogen and oxygen atoms in total. The van der Waals surface area contributed by atoms with Crippen LogP contribution in [-0.2, 0) is 14.3 Å². The fourth-order valence-electron chi connectivity index (χ4n) is 6.41. The molecule has 0 saturated heterocycles. The van der Waals surface area contributed by atoms with Crippen molar-refractivity contribution in [1.29, 1.82) is 0 Å². The van der Waals surface area contributed by atoms with E-state index in [-0.39, 0.29) is 28.7 Å². The van der Waals surface area contributed by atoms with Gasteiger partial charge in [0.1, 0.15) is 12.3 Å². The zero-order chi connectivity index (χ0) is 23.6. The van der Waals surface area contributed by atoms with Gasteiger partial charge in [0.25, 0.3) is 11.8 Å². The molecule has 5 rings (SSSR count). The SMILES string of the molecule is C[C@H](NC(=O)COC(=O)CNC(=O)c1cccc(OC(F)F)c1)C12CC3CC(CC(C3)C1)C2. The van der Waals surface area contributed by atoms with Gasteiger partial charge in [0.15, 0.2) is 6.61 Å². The molecule has 1 aromatic rings. The van der Waals surface area contributed by atoms with Gasteiger partial charge in [0.05, 0.1) is 0 Å².